The molecule has 9 heteroatoms. The third kappa shape index (κ3) is 15.2. The first-order valence-corrected chi connectivity index (χ1v) is 32.1. The summed E-state index contributed by atoms with van der Waals surface area (Å²) in [7, 11) is 0. The fourth-order valence-electron chi connectivity index (χ4n) is 16.7. The zero-order valence-corrected chi connectivity index (χ0v) is 51.1. The predicted octanol–water partition coefficient (Wildman–Crippen LogP) is 18.0. The number of para-hydroxylation sites is 2. The van der Waals surface area contributed by atoms with Crippen LogP contribution in [0.2, 0.25) is 0 Å². The van der Waals surface area contributed by atoms with Crippen LogP contribution in [0, 0.1) is 47.3 Å². The summed E-state index contributed by atoms with van der Waals surface area (Å²) in [6.45, 7) is 17.0. The highest BCUT2D eigenvalue weighted by Crippen LogP contribution is 2.59. The number of amides is 2. The molecule has 83 heavy (non-hydrogen) atoms. The van der Waals surface area contributed by atoms with Crippen molar-refractivity contribution < 1.29 is 14.4 Å². The molecule has 0 unspecified atom stereocenters. The SMILES string of the molecule is C.CC(C)=CCC/C(C)=C/CN(CCN(C(=O)C1=CCc2ccccc21)C12CC3CC(CC(C3)C1)C2)C(=O)c1c[nH]c2ccccc12.CC(C)=CCC/C(C)=C/CNCCCC1C2CC3CC(C2)CC1C3.O=C(Cl)c1c[nH]c2ccccc12. The second kappa shape index (κ2) is 28.5. The first-order chi connectivity index (χ1) is 39.7. The Hall–Kier alpha value is -5.70. The van der Waals surface area contributed by atoms with E-state index in [1.54, 1.807) is 38.3 Å². The van der Waals surface area contributed by atoms with Gasteiger partial charge in [0.25, 0.3) is 17.1 Å². The Bertz CT molecular complexity index is 3130. The van der Waals surface area contributed by atoms with Crippen molar-refractivity contribution in [1.29, 1.82) is 0 Å². The van der Waals surface area contributed by atoms with Crippen LogP contribution in [0.4, 0.5) is 0 Å². The zero-order valence-electron chi connectivity index (χ0n) is 50.3. The summed E-state index contributed by atoms with van der Waals surface area (Å²) in [5.41, 5.74) is 11.8. The van der Waals surface area contributed by atoms with Crippen molar-refractivity contribution in [2.75, 3.05) is 32.7 Å². The Morgan fingerprint density at radius 2 is 1.16 bits per heavy atom. The predicted molar refractivity (Wildman–Crippen MR) is 348 cm³/mol. The van der Waals surface area contributed by atoms with Crippen LogP contribution in [0.25, 0.3) is 27.4 Å². The number of carbonyl (C=O) groups excluding carboxylic acids is 3. The molecule has 0 saturated heterocycles. The smallest absolute Gasteiger partial charge is 0.256 e. The van der Waals surface area contributed by atoms with Crippen molar-refractivity contribution in [1.82, 2.24) is 25.1 Å². The number of benzene rings is 3. The standard InChI is InChI=1S/C41H49N3O2.C23H39N.C9H6ClNO.CH4/c1-28(2)9-8-10-29(3)17-18-43(39(45)37-27-42-38-14-7-6-13-35(37)38)19-20-44(40(46)36-16-15-33-11-4-5-12-34(33)36)41-24-30-21-31(25-41)23-32(22-30)26-41;1-17(2)6-4-7-18(3)9-11-24-10-5-8-23-21-13-19-12-20(15-21)16-22(23)14-19;10-9(12)7-5-11-8-4-2-1-3-6(7)8;/h4-7,9,11-14,16-17,27,30-32,42H,8,10,15,18-26H2,1-3H3;6,9,19-24H,4-5,7-8,10-16H2,1-3H3;1-5,11H;1H4/b29-17+;18-9+;;. The molecule has 0 spiro atoms. The molecule has 0 radical (unpaired) electrons. The summed E-state index contributed by atoms with van der Waals surface area (Å²) >= 11 is 5.36. The van der Waals surface area contributed by atoms with Crippen molar-refractivity contribution in [3.8, 4) is 0 Å². The van der Waals surface area contributed by atoms with Gasteiger partial charge in [0.05, 0.1) is 11.1 Å². The first-order valence-electron chi connectivity index (χ1n) is 31.7. The summed E-state index contributed by atoms with van der Waals surface area (Å²) in [5, 5.41) is 5.04. The first kappa shape index (κ1) is 61.8. The van der Waals surface area contributed by atoms with Gasteiger partial charge in [-0.1, -0.05) is 121 Å². The molecule has 8 fully saturated rings. The van der Waals surface area contributed by atoms with Crippen molar-refractivity contribution in [2.45, 2.75) is 170 Å². The van der Waals surface area contributed by atoms with Crippen molar-refractivity contribution in [2.24, 2.45) is 47.3 Å². The lowest BCUT2D eigenvalue weighted by molar-refractivity contribution is -0.145. The van der Waals surface area contributed by atoms with Crippen LogP contribution in [0.5, 0.6) is 0 Å². The Balaban J connectivity index is 0.000000185. The Morgan fingerprint density at radius 1 is 0.627 bits per heavy atom. The third-order valence-electron chi connectivity index (χ3n) is 20.1. The number of nitrogens with one attached hydrogen (secondary N) is 3. The quantitative estimate of drug-likeness (QED) is 0.0387. The fourth-order valence-corrected chi connectivity index (χ4v) is 16.9. The number of hydrogen-bond acceptors (Lipinski definition) is 4. The van der Waals surface area contributed by atoms with E-state index in [1.165, 1.54) is 79.3 Å². The Morgan fingerprint density at radius 3 is 1.75 bits per heavy atom. The lowest BCUT2D eigenvalue weighted by Gasteiger charge is -2.60. The van der Waals surface area contributed by atoms with Crippen LogP contribution in [0.1, 0.15) is 190 Å². The van der Waals surface area contributed by atoms with E-state index in [1.807, 2.05) is 65.7 Å². The topological polar surface area (TPSA) is 101 Å². The number of carbonyl (C=O) groups is 3. The van der Waals surface area contributed by atoms with Crippen LogP contribution in [-0.4, -0.2) is 75.1 Å². The van der Waals surface area contributed by atoms with Gasteiger partial charge in [-0.2, -0.15) is 0 Å². The number of halogens is 1. The maximum Gasteiger partial charge on any atom is 0.256 e. The average molecular weight is 1140 g/mol. The molecule has 9 aliphatic carbocycles. The summed E-state index contributed by atoms with van der Waals surface area (Å²) in [6.07, 6.45) is 38.2. The van der Waals surface area contributed by atoms with Gasteiger partial charge in [-0.05, 0) is 246 Å². The third-order valence-corrected chi connectivity index (χ3v) is 20.3. The van der Waals surface area contributed by atoms with Crippen LogP contribution in [0.15, 0.2) is 138 Å². The van der Waals surface area contributed by atoms with Crippen LogP contribution in [0.3, 0.4) is 0 Å². The highest BCUT2D eigenvalue weighted by atomic mass is 35.5. The van der Waals surface area contributed by atoms with Gasteiger partial charge in [0, 0.05) is 71.5 Å². The second-order valence-corrected chi connectivity index (χ2v) is 27.1. The molecule has 3 aromatic carbocycles. The monoisotopic (exact) mass is 1140 g/mol. The lowest BCUT2D eigenvalue weighted by atomic mass is 9.51. The van der Waals surface area contributed by atoms with E-state index in [2.05, 4.69) is 110 Å². The molecular weight excluding hydrogens is 1040 g/mol. The summed E-state index contributed by atoms with van der Waals surface area (Å²) in [4.78, 5) is 50.5. The molecule has 9 aliphatic rings. The summed E-state index contributed by atoms with van der Waals surface area (Å²) in [5.74, 6) is 7.92. The molecular formula is C74H98ClN5O3. The summed E-state index contributed by atoms with van der Waals surface area (Å²) in [6, 6.07) is 23.9. The fraction of sp³-hybridized carbons (Fsp3) is 0.527. The molecule has 8 nitrogen and oxygen atoms in total. The van der Waals surface area contributed by atoms with Gasteiger partial charge in [-0.3, -0.25) is 14.4 Å². The molecule has 444 valence electrons. The number of aromatic amines is 2. The van der Waals surface area contributed by atoms with E-state index in [0.717, 1.165) is 125 Å². The van der Waals surface area contributed by atoms with E-state index in [0.29, 0.717) is 30.8 Å². The van der Waals surface area contributed by atoms with Gasteiger partial charge in [0.15, 0.2) is 0 Å². The molecule has 2 aromatic heterocycles. The Labute approximate surface area is 503 Å². The minimum atomic E-state index is -0.424. The molecule has 2 amide bonds. The molecule has 8 bridgehead atoms. The number of H-pyrrole nitrogens is 2. The molecule has 0 atom stereocenters. The van der Waals surface area contributed by atoms with Gasteiger partial charge in [-0.15, -0.1) is 0 Å². The number of allylic oxidation sites excluding steroid dienone is 7. The molecule has 2 heterocycles. The van der Waals surface area contributed by atoms with Crippen LogP contribution < -0.4 is 5.32 Å². The zero-order chi connectivity index (χ0) is 57.3. The minimum absolute atomic E-state index is 0. The minimum Gasteiger partial charge on any atom is -0.360 e. The largest absolute Gasteiger partial charge is 0.360 e. The lowest BCUT2D eigenvalue weighted by Crippen LogP contribution is -2.62. The van der Waals surface area contributed by atoms with Gasteiger partial charge >= 0.3 is 0 Å². The number of nitrogens with zero attached hydrogens (tertiary/aromatic N) is 2. The van der Waals surface area contributed by atoms with Crippen LogP contribution in [-0.2, 0) is 11.2 Å². The maximum atomic E-state index is 14.8. The normalized spacial score (nSPS) is 25.1. The van der Waals surface area contributed by atoms with Crippen molar-refractivity contribution in [3.63, 3.8) is 0 Å². The number of rotatable bonds is 21. The molecule has 5 aromatic rings. The van der Waals surface area contributed by atoms with Crippen molar-refractivity contribution >= 4 is 56.0 Å². The van der Waals surface area contributed by atoms with Gasteiger partial charge in [0.1, 0.15) is 0 Å². The van der Waals surface area contributed by atoms with Gasteiger partial charge < -0.3 is 25.1 Å². The van der Waals surface area contributed by atoms with E-state index in [4.69, 9.17) is 11.6 Å². The molecule has 8 saturated carbocycles. The van der Waals surface area contributed by atoms with E-state index in [-0.39, 0.29) is 24.8 Å². The van der Waals surface area contributed by atoms with Gasteiger partial charge in [0.2, 0.25) is 0 Å². The molecule has 14 rings (SSSR count). The second-order valence-electron chi connectivity index (χ2n) is 26.8. The number of hydrogen-bond donors (Lipinski definition) is 3. The number of fused-ring (bicyclic) bond motifs is 3. The highest BCUT2D eigenvalue weighted by Gasteiger charge is 2.55. The summed E-state index contributed by atoms with van der Waals surface area (Å²) < 4.78 is 0. The van der Waals surface area contributed by atoms with E-state index >= 15 is 0 Å². The maximum absolute atomic E-state index is 14.8. The van der Waals surface area contributed by atoms with Gasteiger partial charge in [-0.25, -0.2) is 0 Å². The average Bonchev–Trinajstić information content (AvgIpc) is 3.66. The number of aromatic nitrogens is 2. The van der Waals surface area contributed by atoms with E-state index < -0.39 is 5.24 Å². The Kier molecular flexibility index (Phi) is 21.2. The highest BCUT2D eigenvalue weighted by molar-refractivity contribution is 6.68. The van der Waals surface area contributed by atoms with Crippen LogP contribution >= 0.6 is 11.6 Å². The van der Waals surface area contributed by atoms with E-state index in [9.17, 15) is 14.4 Å². The molecule has 3 N–H and O–H groups in total. The van der Waals surface area contributed by atoms with Crippen molar-refractivity contribution in [3.05, 3.63) is 160 Å². The molecule has 0 aliphatic heterocycles.